The van der Waals surface area contributed by atoms with Gasteiger partial charge in [-0.2, -0.15) is 0 Å². The second-order valence-electron chi connectivity index (χ2n) is 6.38. The molecule has 1 N–H and O–H groups in total. The van der Waals surface area contributed by atoms with Crippen LogP contribution in [0, 0.1) is 6.92 Å². The van der Waals surface area contributed by atoms with Crippen LogP contribution >= 0.6 is 15.9 Å². The van der Waals surface area contributed by atoms with E-state index in [2.05, 4.69) is 21.1 Å². The number of ketones is 1. The number of benzene rings is 2. The minimum atomic E-state index is -0.821. The first-order valence-corrected chi connectivity index (χ1v) is 9.32. The van der Waals surface area contributed by atoms with Gasteiger partial charge >= 0.3 is 5.91 Å². The number of aliphatic hydroxyl groups is 1. The molecule has 2 aromatic carbocycles. The highest BCUT2D eigenvalue weighted by molar-refractivity contribution is 9.10. The van der Waals surface area contributed by atoms with Crippen LogP contribution < -0.4 is 4.90 Å². The second-order valence-corrected chi connectivity index (χ2v) is 7.30. The molecule has 1 aliphatic heterocycles. The van der Waals surface area contributed by atoms with Crippen LogP contribution in [-0.2, 0) is 9.59 Å². The van der Waals surface area contributed by atoms with Crippen molar-refractivity contribution in [3.63, 3.8) is 0 Å². The Morgan fingerprint density at radius 3 is 2.39 bits per heavy atom. The number of Topliss-reactive ketones (excluding diaryl/α,β-unsaturated/α-hetero) is 1. The molecule has 1 aromatic heterocycles. The first-order chi connectivity index (χ1) is 13.5. The van der Waals surface area contributed by atoms with Crippen LogP contribution in [0.15, 0.2) is 75.2 Å². The summed E-state index contributed by atoms with van der Waals surface area (Å²) >= 11 is 3.39. The minimum absolute atomic E-state index is 0.0131. The van der Waals surface area contributed by atoms with Crippen molar-refractivity contribution in [2.45, 2.75) is 13.0 Å². The van der Waals surface area contributed by atoms with Crippen LogP contribution in [0.3, 0.4) is 0 Å². The highest BCUT2D eigenvalue weighted by Crippen LogP contribution is 2.42. The number of carbonyl (C=O) groups excluding carboxylic acids is 2. The molecule has 2 heterocycles. The van der Waals surface area contributed by atoms with Crippen molar-refractivity contribution in [2.24, 2.45) is 0 Å². The second kappa shape index (κ2) is 7.09. The fourth-order valence-corrected chi connectivity index (χ4v) is 3.51. The molecular weight excluding hydrogens is 424 g/mol. The van der Waals surface area contributed by atoms with E-state index in [1.165, 1.54) is 4.90 Å². The summed E-state index contributed by atoms with van der Waals surface area (Å²) in [4.78, 5) is 27.0. The van der Waals surface area contributed by atoms with Crippen LogP contribution in [-0.4, -0.2) is 22.0 Å². The summed E-state index contributed by atoms with van der Waals surface area (Å²) in [7, 11) is 0. The molecule has 7 heteroatoms. The Balaban J connectivity index is 1.94. The van der Waals surface area contributed by atoms with E-state index in [0.29, 0.717) is 16.9 Å². The van der Waals surface area contributed by atoms with Gasteiger partial charge in [0, 0.05) is 16.1 Å². The minimum Gasteiger partial charge on any atom is -0.507 e. The summed E-state index contributed by atoms with van der Waals surface area (Å²) in [6.07, 6.45) is 0. The number of amides is 1. The van der Waals surface area contributed by atoms with Crippen LogP contribution in [0.1, 0.15) is 22.9 Å². The van der Waals surface area contributed by atoms with E-state index in [0.717, 1.165) is 4.47 Å². The Morgan fingerprint density at radius 1 is 1.11 bits per heavy atom. The quantitative estimate of drug-likeness (QED) is 0.372. The van der Waals surface area contributed by atoms with Crippen molar-refractivity contribution in [2.75, 3.05) is 4.90 Å². The predicted octanol–water partition coefficient (Wildman–Crippen LogP) is 4.37. The zero-order valence-electron chi connectivity index (χ0n) is 14.8. The summed E-state index contributed by atoms with van der Waals surface area (Å²) in [5, 5.41) is 14.8. The zero-order valence-corrected chi connectivity index (χ0v) is 16.4. The van der Waals surface area contributed by atoms with Crippen molar-refractivity contribution in [3.05, 3.63) is 87.6 Å². The normalized spacial score (nSPS) is 18.6. The lowest BCUT2D eigenvalue weighted by Crippen LogP contribution is -2.29. The average molecular weight is 439 g/mol. The number of rotatable bonds is 3. The number of aryl methyl sites for hydroxylation is 1. The molecule has 0 saturated carbocycles. The Kier molecular flexibility index (Phi) is 4.60. The lowest BCUT2D eigenvalue weighted by atomic mass is 9.95. The number of carbonyl (C=O) groups is 2. The van der Waals surface area contributed by atoms with Crippen LogP contribution in [0.25, 0.3) is 5.76 Å². The number of nitrogens with zero attached hydrogens (tertiary/aromatic N) is 2. The van der Waals surface area contributed by atoms with E-state index < -0.39 is 17.7 Å². The summed E-state index contributed by atoms with van der Waals surface area (Å²) in [5.41, 5.74) is 1.14. The molecule has 28 heavy (non-hydrogen) atoms. The lowest BCUT2D eigenvalue weighted by Gasteiger charge is -2.22. The van der Waals surface area contributed by atoms with Gasteiger partial charge in [-0.25, -0.2) is 0 Å². The zero-order chi connectivity index (χ0) is 19.8. The van der Waals surface area contributed by atoms with Gasteiger partial charge in [-0.1, -0.05) is 63.6 Å². The Hall–Kier alpha value is -3.19. The number of aromatic nitrogens is 1. The third kappa shape index (κ3) is 3.03. The SMILES string of the molecule is Cc1cc(N2C(=O)C(=O)/C(=C(/O)c3ccccc3)[C@H]2c2ccc(Br)cc2)no1. The molecule has 1 amide bonds. The van der Waals surface area contributed by atoms with Crippen molar-refractivity contribution in [3.8, 4) is 0 Å². The highest BCUT2D eigenvalue weighted by Gasteiger charge is 2.48. The summed E-state index contributed by atoms with van der Waals surface area (Å²) in [6, 6.07) is 16.6. The lowest BCUT2D eigenvalue weighted by molar-refractivity contribution is -0.132. The predicted molar refractivity (Wildman–Crippen MR) is 107 cm³/mol. The maximum Gasteiger partial charge on any atom is 0.301 e. The standard InChI is InChI=1S/C21H15BrN2O4/c1-12-11-16(23-28-12)24-18(13-7-9-15(22)10-8-13)17(20(26)21(24)27)19(25)14-5-3-2-4-6-14/h2-11,18,25H,1H3/b19-17+/t18-/m1/s1. The molecule has 0 radical (unpaired) electrons. The Labute approximate surface area is 169 Å². The fourth-order valence-electron chi connectivity index (χ4n) is 3.25. The van der Waals surface area contributed by atoms with E-state index in [-0.39, 0.29) is 17.2 Å². The van der Waals surface area contributed by atoms with Gasteiger partial charge in [-0.05, 0) is 24.6 Å². The fraction of sp³-hybridized carbons (Fsp3) is 0.0952. The van der Waals surface area contributed by atoms with Gasteiger partial charge in [0.15, 0.2) is 5.82 Å². The molecule has 0 aliphatic carbocycles. The van der Waals surface area contributed by atoms with Crippen molar-refractivity contribution >= 4 is 39.2 Å². The highest BCUT2D eigenvalue weighted by atomic mass is 79.9. The molecule has 1 aliphatic rings. The number of aliphatic hydroxyl groups excluding tert-OH is 1. The number of halogens is 1. The molecule has 0 spiro atoms. The van der Waals surface area contributed by atoms with Crippen molar-refractivity contribution in [1.82, 2.24) is 5.16 Å². The largest absolute Gasteiger partial charge is 0.507 e. The molecule has 0 unspecified atom stereocenters. The topological polar surface area (TPSA) is 83.6 Å². The molecule has 4 rings (SSSR count). The van der Waals surface area contributed by atoms with Gasteiger partial charge in [-0.3, -0.25) is 14.5 Å². The summed E-state index contributed by atoms with van der Waals surface area (Å²) < 4.78 is 5.96. The molecule has 1 saturated heterocycles. The number of hydrogen-bond acceptors (Lipinski definition) is 5. The van der Waals surface area contributed by atoms with Gasteiger partial charge in [0.2, 0.25) is 0 Å². The maximum atomic E-state index is 12.9. The van der Waals surface area contributed by atoms with Crippen LogP contribution in [0.4, 0.5) is 5.82 Å². The number of anilines is 1. The molecule has 1 fully saturated rings. The van der Waals surface area contributed by atoms with E-state index in [1.807, 2.05) is 12.1 Å². The smallest absolute Gasteiger partial charge is 0.301 e. The number of hydrogen-bond donors (Lipinski definition) is 1. The van der Waals surface area contributed by atoms with Gasteiger partial charge in [-0.15, -0.1) is 0 Å². The molecule has 140 valence electrons. The van der Waals surface area contributed by atoms with Crippen molar-refractivity contribution in [1.29, 1.82) is 0 Å². The van der Waals surface area contributed by atoms with E-state index in [9.17, 15) is 14.7 Å². The molecule has 3 aromatic rings. The van der Waals surface area contributed by atoms with E-state index >= 15 is 0 Å². The van der Waals surface area contributed by atoms with E-state index in [4.69, 9.17) is 4.52 Å². The third-order valence-corrected chi connectivity index (χ3v) is 5.07. The third-order valence-electron chi connectivity index (χ3n) is 4.54. The van der Waals surface area contributed by atoms with E-state index in [1.54, 1.807) is 55.5 Å². The first kappa shape index (κ1) is 18.2. The summed E-state index contributed by atoms with van der Waals surface area (Å²) in [6.45, 7) is 1.70. The van der Waals surface area contributed by atoms with Crippen molar-refractivity contribution < 1.29 is 19.2 Å². The maximum absolute atomic E-state index is 12.9. The Morgan fingerprint density at radius 2 is 1.79 bits per heavy atom. The molecule has 6 nitrogen and oxygen atoms in total. The average Bonchev–Trinajstić information content (AvgIpc) is 3.24. The van der Waals surface area contributed by atoms with Crippen LogP contribution in [0.2, 0.25) is 0 Å². The summed E-state index contributed by atoms with van der Waals surface area (Å²) in [5.74, 6) is -1.03. The van der Waals surface area contributed by atoms with Gasteiger partial charge in [0.1, 0.15) is 11.5 Å². The monoisotopic (exact) mass is 438 g/mol. The molecular formula is C21H15BrN2O4. The molecule has 0 bridgehead atoms. The van der Waals surface area contributed by atoms with Gasteiger partial charge in [0.25, 0.3) is 5.78 Å². The van der Waals surface area contributed by atoms with Crippen LogP contribution in [0.5, 0.6) is 0 Å². The van der Waals surface area contributed by atoms with Gasteiger partial charge in [0.05, 0.1) is 11.6 Å². The van der Waals surface area contributed by atoms with Gasteiger partial charge < -0.3 is 9.63 Å². The first-order valence-electron chi connectivity index (χ1n) is 8.52. The Bertz CT molecular complexity index is 1090. The molecule has 1 atom stereocenters.